The smallest absolute Gasteiger partial charge is 0.163 e. The first-order chi connectivity index (χ1) is 13.3. The van der Waals surface area contributed by atoms with Gasteiger partial charge in [0.15, 0.2) is 5.82 Å². The van der Waals surface area contributed by atoms with Crippen molar-refractivity contribution in [2.24, 2.45) is 0 Å². The number of β-amino-alcohol motifs (C(OH)–C–C–N with tert-alkyl or cyclic N) is 1. The van der Waals surface area contributed by atoms with E-state index in [-0.39, 0.29) is 13.5 Å². The Kier molecular flexibility index (Phi) is 4.84. The molecule has 5 rings (SSSR count). The lowest BCUT2D eigenvalue weighted by molar-refractivity contribution is 0.198. The zero-order valence-corrected chi connectivity index (χ0v) is 14.8. The minimum atomic E-state index is -0.303. The molecule has 28 heavy (non-hydrogen) atoms. The van der Waals surface area contributed by atoms with Crippen LogP contribution in [0.2, 0.25) is 0 Å². The Morgan fingerprint density at radius 1 is 0.929 bits per heavy atom. The van der Waals surface area contributed by atoms with Crippen molar-refractivity contribution in [2.75, 3.05) is 18.0 Å². The Hall–Kier alpha value is -3.18. The third kappa shape index (κ3) is 3.25. The highest BCUT2D eigenvalue weighted by Crippen LogP contribution is 2.32. The molecule has 0 unspecified atom stereocenters. The van der Waals surface area contributed by atoms with Gasteiger partial charge >= 0.3 is 0 Å². The highest BCUT2D eigenvalue weighted by atomic mass is 16.3. The summed E-state index contributed by atoms with van der Waals surface area (Å²) in [5, 5.41) is 11.0. The van der Waals surface area contributed by atoms with Gasteiger partial charge in [0.05, 0.1) is 11.5 Å². The molecule has 0 bridgehead atoms. The molecule has 0 amide bonds. The molecule has 0 spiro atoms. The molecule has 0 aliphatic carbocycles. The van der Waals surface area contributed by atoms with E-state index in [0.29, 0.717) is 12.4 Å². The van der Waals surface area contributed by atoms with Gasteiger partial charge in [-0.2, -0.15) is 0 Å². The van der Waals surface area contributed by atoms with Crippen LogP contribution in [0.3, 0.4) is 0 Å². The number of aliphatic hydroxyl groups is 1. The van der Waals surface area contributed by atoms with Crippen molar-refractivity contribution < 1.29 is 5.11 Å². The second kappa shape index (κ2) is 7.44. The van der Waals surface area contributed by atoms with E-state index < -0.39 is 0 Å². The average Bonchev–Trinajstić information content (AvgIpc) is 3.35. The summed E-state index contributed by atoms with van der Waals surface area (Å²) < 4.78 is 0. The number of benzene rings is 2. The lowest BCUT2D eigenvalue weighted by Gasteiger charge is -2.18. The van der Waals surface area contributed by atoms with Crippen molar-refractivity contribution in [1.82, 2.24) is 15.0 Å². The molecule has 4 aromatic rings. The molecule has 5 heteroatoms. The molecule has 1 atom stereocenters. The molecule has 5 nitrogen and oxygen atoms in total. The number of hydrogen-bond donors (Lipinski definition) is 2. The maximum absolute atomic E-state index is 10.0. The fourth-order valence-corrected chi connectivity index (χ4v) is 3.66. The second-order valence-electron chi connectivity index (χ2n) is 6.94. The number of aromatic nitrogens is 3. The molecular weight excluding hydrogens is 348 g/mol. The van der Waals surface area contributed by atoms with E-state index in [0.717, 1.165) is 46.6 Å². The number of rotatable bonds is 3. The Balaban J connectivity index is 0.00000192. The quantitative estimate of drug-likeness (QED) is 0.556. The molecule has 1 fully saturated rings. The van der Waals surface area contributed by atoms with Gasteiger partial charge in [-0.05, 0) is 18.1 Å². The Bertz CT molecular complexity index is 1080. The standard InChI is InChI=1S/C22H20N4O.CH4/c27-17-11-12-26(14-17)22-18-13-19(15-7-3-1-4-8-15)23-21(18)24-20(25-22)16-9-5-2-6-10-16;/h1-10,13,17,27H,11-12,14H2,(H,23,24,25);1H4/t17-;/m1./s1. The van der Waals surface area contributed by atoms with Gasteiger partial charge in [0.25, 0.3) is 0 Å². The summed E-state index contributed by atoms with van der Waals surface area (Å²) in [7, 11) is 0. The second-order valence-corrected chi connectivity index (χ2v) is 6.94. The minimum Gasteiger partial charge on any atom is -0.391 e. The van der Waals surface area contributed by atoms with Crippen LogP contribution >= 0.6 is 0 Å². The molecule has 1 saturated heterocycles. The summed E-state index contributed by atoms with van der Waals surface area (Å²) in [6, 6.07) is 22.3. The Morgan fingerprint density at radius 3 is 2.25 bits per heavy atom. The van der Waals surface area contributed by atoms with Gasteiger partial charge in [-0.25, -0.2) is 9.97 Å². The van der Waals surface area contributed by atoms with Crippen LogP contribution in [0.1, 0.15) is 13.8 Å². The van der Waals surface area contributed by atoms with Crippen LogP contribution in [0.5, 0.6) is 0 Å². The summed E-state index contributed by atoms with van der Waals surface area (Å²) >= 11 is 0. The van der Waals surface area contributed by atoms with Crippen LogP contribution in [-0.2, 0) is 0 Å². The third-order valence-electron chi connectivity index (χ3n) is 5.05. The zero-order chi connectivity index (χ0) is 18.2. The molecule has 2 N–H and O–H groups in total. The number of aliphatic hydroxyl groups excluding tert-OH is 1. The normalized spacial score (nSPS) is 16.3. The molecule has 2 aromatic heterocycles. The Morgan fingerprint density at radius 2 is 1.61 bits per heavy atom. The lowest BCUT2D eigenvalue weighted by atomic mass is 10.1. The highest BCUT2D eigenvalue weighted by molar-refractivity contribution is 5.93. The minimum absolute atomic E-state index is 0. The van der Waals surface area contributed by atoms with Gasteiger partial charge in [-0.3, -0.25) is 0 Å². The summed E-state index contributed by atoms with van der Waals surface area (Å²) in [5.74, 6) is 1.58. The van der Waals surface area contributed by atoms with Crippen LogP contribution < -0.4 is 4.90 Å². The number of H-pyrrole nitrogens is 1. The predicted octanol–water partition coefficient (Wildman–Crippen LogP) is 4.50. The van der Waals surface area contributed by atoms with E-state index in [1.807, 2.05) is 48.5 Å². The molecule has 1 aliphatic heterocycles. The number of anilines is 1. The molecule has 142 valence electrons. The zero-order valence-electron chi connectivity index (χ0n) is 14.8. The van der Waals surface area contributed by atoms with Crippen LogP contribution in [0, 0.1) is 0 Å². The molecule has 0 saturated carbocycles. The molecule has 3 heterocycles. The largest absolute Gasteiger partial charge is 0.391 e. The van der Waals surface area contributed by atoms with Gasteiger partial charge in [-0.1, -0.05) is 68.1 Å². The van der Waals surface area contributed by atoms with Gasteiger partial charge in [-0.15, -0.1) is 0 Å². The van der Waals surface area contributed by atoms with Crippen molar-refractivity contribution in [3.05, 3.63) is 66.7 Å². The first-order valence-electron chi connectivity index (χ1n) is 9.22. The third-order valence-corrected chi connectivity index (χ3v) is 5.05. The molecule has 1 aliphatic rings. The first-order valence-corrected chi connectivity index (χ1v) is 9.22. The molecule has 2 aromatic carbocycles. The van der Waals surface area contributed by atoms with E-state index in [1.165, 1.54) is 0 Å². The number of nitrogens with zero attached hydrogens (tertiary/aromatic N) is 3. The number of fused-ring (bicyclic) bond motifs is 1. The first kappa shape index (κ1) is 18.2. The SMILES string of the molecule is C.O[C@@H]1CCN(c2nc(-c3ccccc3)nc3[nH]c(-c4ccccc4)cc23)C1. The highest BCUT2D eigenvalue weighted by Gasteiger charge is 2.25. The number of hydrogen-bond acceptors (Lipinski definition) is 4. The predicted molar refractivity (Wildman–Crippen MR) is 114 cm³/mol. The van der Waals surface area contributed by atoms with Crippen LogP contribution in [0.25, 0.3) is 33.7 Å². The van der Waals surface area contributed by atoms with E-state index in [2.05, 4.69) is 28.1 Å². The molecule has 0 radical (unpaired) electrons. The van der Waals surface area contributed by atoms with Crippen molar-refractivity contribution in [2.45, 2.75) is 20.0 Å². The summed E-state index contributed by atoms with van der Waals surface area (Å²) in [4.78, 5) is 15.3. The van der Waals surface area contributed by atoms with E-state index in [9.17, 15) is 5.11 Å². The average molecular weight is 372 g/mol. The topological polar surface area (TPSA) is 65.0 Å². The number of aromatic amines is 1. The van der Waals surface area contributed by atoms with Crippen molar-refractivity contribution in [1.29, 1.82) is 0 Å². The summed E-state index contributed by atoms with van der Waals surface area (Å²) in [5.41, 5.74) is 3.94. The summed E-state index contributed by atoms with van der Waals surface area (Å²) in [6.45, 7) is 1.40. The van der Waals surface area contributed by atoms with Crippen LogP contribution in [0.15, 0.2) is 66.7 Å². The van der Waals surface area contributed by atoms with Gasteiger partial charge in [0, 0.05) is 24.3 Å². The molecular formula is C23H24N4O. The van der Waals surface area contributed by atoms with E-state index in [4.69, 9.17) is 9.97 Å². The van der Waals surface area contributed by atoms with Gasteiger partial charge < -0.3 is 15.0 Å². The van der Waals surface area contributed by atoms with Crippen LogP contribution in [-0.4, -0.2) is 39.3 Å². The lowest BCUT2D eigenvalue weighted by Crippen LogP contribution is -2.22. The monoisotopic (exact) mass is 372 g/mol. The Labute approximate surface area is 164 Å². The maximum Gasteiger partial charge on any atom is 0.163 e. The van der Waals surface area contributed by atoms with Crippen molar-refractivity contribution in [3.8, 4) is 22.6 Å². The van der Waals surface area contributed by atoms with Gasteiger partial charge in [0.2, 0.25) is 0 Å². The number of nitrogens with one attached hydrogen (secondary N) is 1. The van der Waals surface area contributed by atoms with Crippen molar-refractivity contribution in [3.63, 3.8) is 0 Å². The fourth-order valence-electron chi connectivity index (χ4n) is 3.66. The maximum atomic E-state index is 10.0. The van der Waals surface area contributed by atoms with Crippen LogP contribution in [0.4, 0.5) is 5.82 Å². The summed E-state index contributed by atoms with van der Waals surface area (Å²) in [6.07, 6.45) is 0.463. The van der Waals surface area contributed by atoms with E-state index >= 15 is 0 Å². The van der Waals surface area contributed by atoms with Gasteiger partial charge in [0.1, 0.15) is 11.5 Å². The van der Waals surface area contributed by atoms with E-state index in [1.54, 1.807) is 0 Å². The van der Waals surface area contributed by atoms with Crippen molar-refractivity contribution >= 4 is 16.9 Å². The fraction of sp³-hybridized carbons (Fsp3) is 0.217.